The van der Waals surface area contributed by atoms with Crippen LogP contribution in [0.4, 0.5) is 0 Å². The summed E-state index contributed by atoms with van der Waals surface area (Å²) < 4.78 is 10.9. The molecule has 7 nitrogen and oxygen atoms in total. The van der Waals surface area contributed by atoms with E-state index in [9.17, 15) is 14.4 Å². The quantitative estimate of drug-likeness (QED) is 0.426. The maximum Gasteiger partial charge on any atom is 0.336 e. The van der Waals surface area contributed by atoms with Crippen molar-refractivity contribution in [2.45, 2.75) is 19.4 Å². The van der Waals surface area contributed by atoms with Crippen molar-refractivity contribution in [2.75, 3.05) is 7.11 Å². The summed E-state index contributed by atoms with van der Waals surface area (Å²) >= 11 is 6.60. The van der Waals surface area contributed by atoms with Gasteiger partial charge in [0.2, 0.25) is 0 Å². The Bertz CT molecular complexity index is 1520. The number of fused-ring (bicyclic) bond motifs is 2. The van der Waals surface area contributed by atoms with Gasteiger partial charge in [0, 0.05) is 28.3 Å². The predicted octanol–water partition coefficient (Wildman–Crippen LogP) is 5.36. The number of carboxylic acid groups (broad SMARTS) is 1. The number of dihydropyridines is 1. The van der Waals surface area contributed by atoms with E-state index in [0.29, 0.717) is 44.4 Å². The van der Waals surface area contributed by atoms with Gasteiger partial charge in [0.05, 0.1) is 29.0 Å². The Labute approximate surface area is 218 Å². The van der Waals surface area contributed by atoms with E-state index in [1.54, 1.807) is 43.3 Å². The van der Waals surface area contributed by atoms with Crippen molar-refractivity contribution < 1.29 is 29.0 Å². The fraction of sp³-hybridized carbons (Fsp3) is 0.138. The highest BCUT2D eigenvalue weighted by atomic mass is 35.5. The van der Waals surface area contributed by atoms with Crippen LogP contribution in [-0.2, 0) is 16.1 Å². The molecule has 0 spiro atoms. The van der Waals surface area contributed by atoms with Crippen molar-refractivity contribution >= 4 is 35.0 Å². The highest BCUT2D eigenvalue weighted by Gasteiger charge is 2.42. The standard InChI is InChI=1S/C29H22ClNO6/c1-15-23(29(35)36-2)24(25-26(31-15)19-5-3-4-6-20(19)27(25)32)18-11-12-22(21(30)13-18)37-14-16-7-9-17(10-8-16)28(33)34/h3-13,24,31H,14H2,1-2H3,(H,33,34)/t24-/m0/s1. The third-order valence-corrected chi connectivity index (χ3v) is 6.83. The number of halogens is 1. The van der Waals surface area contributed by atoms with Gasteiger partial charge in [-0.15, -0.1) is 0 Å². The van der Waals surface area contributed by atoms with Crippen LogP contribution in [0.2, 0.25) is 5.02 Å². The number of nitrogens with one attached hydrogen (secondary N) is 1. The van der Waals surface area contributed by atoms with Crippen LogP contribution in [0.3, 0.4) is 0 Å². The number of carbonyl (C=O) groups excluding carboxylic acids is 2. The summed E-state index contributed by atoms with van der Waals surface area (Å²) in [5, 5.41) is 12.6. The second kappa shape index (κ2) is 9.59. The lowest BCUT2D eigenvalue weighted by molar-refractivity contribution is -0.136. The zero-order valence-electron chi connectivity index (χ0n) is 20.0. The zero-order chi connectivity index (χ0) is 26.3. The summed E-state index contributed by atoms with van der Waals surface area (Å²) in [4.78, 5) is 37.4. The van der Waals surface area contributed by atoms with E-state index in [-0.39, 0.29) is 18.0 Å². The highest BCUT2D eigenvalue weighted by Crippen LogP contribution is 2.47. The van der Waals surface area contributed by atoms with Crippen LogP contribution < -0.4 is 10.1 Å². The van der Waals surface area contributed by atoms with E-state index >= 15 is 0 Å². The van der Waals surface area contributed by atoms with Gasteiger partial charge in [0.1, 0.15) is 12.4 Å². The van der Waals surface area contributed by atoms with Gasteiger partial charge in [-0.1, -0.05) is 54.1 Å². The van der Waals surface area contributed by atoms with Crippen molar-refractivity contribution in [3.05, 3.63) is 116 Å². The van der Waals surface area contributed by atoms with Crippen LogP contribution in [0, 0.1) is 0 Å². The molecule has 3 aromatic rings. The SMILES string of the molecule is COC(=O)C1=C(C)NC2=C(C(=O)c3ccccc32)[C@H]1c1ccc(OCc2ccc(C(=O)O)cc2)c(Cl)c1. The maximum atomic E-state index is 13.5. The van der Waals surface area contributed by atoms with Gasteiger partial charge in [-0.3, -0.25) is 4.79 Å². The van der Waals surface area contributed by atoms with Crippen LogP contribution in [-0.4, -0.2) is 29.9 Å². The van der Waals surface area contributed by atoms with E-state index in [2.05, 4.69) is 5.32 Å². The first-order valence-electron chi connectivity index (χ1n) is 11.5. The summed E-state index contributed by atoms with van der Waals surface area (Å²) in [5.41, 5.74) is 5.06. The lowest BCUT2D eigenvalue weighted by Gasteiger charge is -2.29. The second-order valence-corrected chi connectivity index (χ2v) is 9.14. The predicted molar refractivity (Wildman–Crippen MR) is 137 cm³/mol. The van der Waals surface area contributed by atoms with Crippen molar-refractivity contribution in [2.24, 2.45) is 0 Å². The lowest BCUT2D eigenvalue weighted by Crippen LogP contribution is -2.29. The van der Waals surface area contributed by atoms with Gasteiger partial charge < -0.3 is 19.9 Å². The Hall–Kier alpha value is -4.36. The summed E-state index contributed by atoms with van der Waals surface area (Å²) in [6.45, 7) is 1.96. The molecule has 37 heavy (non-hydrogen) atoms. The number of Topliss-reactive ketones (excluding diaryl/α,β-unsaturated/α-hetero) is 1. The van der Waals surface area contributed by atoms with Gasteiger partial charge in [0.15, 0.2) is 5.78 Å². The molecule has 1 aliphatic carbocycles. The molecule has 186 valence electrons. The van der Waals surface area contributed by atoms with Gasteiger partial charge in [-0.25, -0.2) is 9.59 Å². The molecule has 2 aliphatic rings. The molecule has 5 rings (SSSR count). The average Bonchev–Trinajstić information content (AvgIpc) is 3.18. The van der Waals surface area contributed by atoms with Crippen molar-refractivity contribution in [3.8, 4) is 5.75 Å². The molecule has 0 fully saturated rings. The van der Waals surface area contributed by atoms with E-state index in [1.165, 1.54) is 19.2 Å². The number of carboxylic acids is 1. The molecule has 0 radical (unpaired) electrons. The van der Waals surface area contributed by atoms with Gasteiger partial charge in [-0.2, -0.15) is 0 Å². The number of aromatic carboxylic acids is 1. The van der Waals surface area contributed by atoms with E-state index in [1.807, 2.05) is 18.2 Å². The van der Waals surface area contributed by atoms with E-state index < -0.39 is 17.9 Å². The van der Waals surface area contributed by atoms with Crippen molar-refractivity contribution in [1.29, 1.82) is 0 Å². The Morgan fingerprint density at radius 1 is 1.03 bits per heavy atom. The lowest BCUT2D eigenvalue weighted by atomic mass is 9.80. The molecule has 1 heterocycles. The first-order chi connectivity index (χ1) is 17.8. The Kier molecular flexibility index (Phi) is 6.31. The fourth-order valence-corrected chi connectivity index (χ4v) is 5.00. The summed E-state index contributed by atoms with van der Waals surface area (Å²) in [6, 6.07) is 18.9. The van der Waals surface area contributed by atoms with Crippen molar-refractivity contribution in [1.82, 2.24) is 5.32 Å². The monoisotopic (exact) mass is 515 g/mol. The number of rotatable bonds is 6. The summed E-state index contributed by atoms with van der Waals surface area (Å²) in [7, 11) is 1.31. The number of carbonyl (C=O) groups is 3. The smallest absolute Gasteiger partial charge is 0.336 e. The van der Waals surface area contributed by atoms with Gasteiger partial charge >= 0.3 is 11.9 Å². The zero-order valence-corrected chi connectivity index (χ0v) is 20.8. The number of hydrogen-bond donors (Lipinski definition) is 2. The maximum absolute atomic E-state index is 13.5. The van der Waals surface area contributed by atoms with Gasteiger partial charge in [-0.05, 0) is 42.3 Å². The van der Waals surface area contributed by atoms with Crippen molar-refractivity contribution in [3.63, 3.8) is 0 Å². The largest absolute Gasteiger partial charge is 0.487 e. The molecule has 0 bridgehead atoms. The molecular formula is C29H22ClNO6. The average molecular weight is 516 g/mol. The van der Waals surface area contributed by atoms with Crippen LogP contribution in [0.1, 0.15) is 50.2 Å². The normalized spacial score (nSPS) is 16.2. The Morgan fingerprint density at radius 3 is 2.38 bits per heavy atom. The third-order valence-electron chi connectivity index (χ3n) is 6.54. The molecule has 0 saturated carbocycles. The number of benzene rings is 3. The third kappa shape index (κ3) is 4.27. The molecule has 0 saturated heterocycles. The first kappa shape index (κ1) is 24.3. The van der Waals surface area contributed by atoms with Gasteiger partial charge in [0.25, 0.3) is 0 Å². The van der Waals surface area contributed by atoms with Crippen LogP contribution >= 0.6 is 11.6 Å². The van der Waals surface area contributed by atoms with Crippen LogP contribution in [0.5, 0.6) is 5.75 Å². The van der Waals surface area contributed by atoms with Crippen LogP contribution in [0.15, 0.2) is 83.6 Å². The topological polar surface area (TPSA) is 102 Å². The number of methoxy groups -OCH3 is 1. The molecule has 3 aromatic carbocycles. The molecular weight excluding hydrogens is 494 g/mol. The number of esters is 1. The fourth-order valence-electron chi connectivity index (χ4n) is 4.76. The van der Waals surface area contributed by atoms with E-state index in [4.69, 9.17) is 26.2 Å². The molecule has 8 heteroatoms. The number of hydrogen-bond acceptors (Lipinski definition) is 6. The highest BCUT2D eigenvalue weighted by molar-refractivity contribution is 6.32. The molecule has 1 atom stereocenters. The Balaban J connectivity index is 1.49. The van der Waals surface area contributed by atoms with Crippen LogP contribution in [0.25, 0.3) is 5.70 Å². The number of ketones is 1. The van der Waals surface area contributed by atoms with E-state index in [0.717, 1.165) is 11.1 Å². The number of allylic oxidation sites excluding steroid dienone is 2. The minimum atomic E-state index is -0.998. The summed E-state index contributed by atoms with van der Waals surface area (Å²) in [5.74, 6) is -1.96. The molecule has 0 aromatic heterocycles. The minimum absolute atomic E-state index is 0.154. The first-order valence-corrected chi connectivity index (χ1v) is 11.9. The molecule has 0 amide bonds. The molecule has 2 N–H and O–H groups in total. The molecule has 0 unspecified atom stereocenters. The minimum Gasteiger partial charge on any atom is -0.487 e. The Morgan fingerprint density at radius 2 is 1.73 bits per heavy atom. The molecule has 1 aliphatic heterocycles. The summed E-state index contributed by atoms with van der Waals surface area (Å²) in [6.07, 6.45) is 0. The second-order valence-electron chi connectivity index (χ2n) is 8.73. The number of ether oxygens (including phenoxy) is 2.